The second-order valence-corrected chi connectivity index (χ2v) is 3.26. The van der Waals surface area contributed by atoms with Crippen LogP contribution in [0.15, 0.2) is 6.07 Å². The molecule has 0 N–H and O–H groups in total. The topological polar surface area (TPSA) is 0 Å². The zero-order valence-electron chi connectivity index (χ0n) is 8.15. The number of aryl methyl sites for hydroxylation is 1. The van der Waals surface area contributed by atoms with Crippen molar-refractivity contribution in [2.45, 2.75) is 27.7 Å². The van der Waals surface area contributed by atoms with E-state index in [0.29, 0.717) is 0 Å². The molecule has 0 radical (unpaired) electrons. The van der Waals surface area contributed by atoms with Crippen LogP contribution in [0.2, 0.25) is 0 Å². The van der Waals surface area contributed by atoms with Crippen LogP contribution in [0.4, 0.5) is 0 Å². The highest BCUT2D eigenvalue weighted by atomic mass is 14.1. The molecule has 62 valence electrons. The van der Waals surface area contributed by atoms with Crippen molar-refractivity contribution in [1.82, 2.24) is 0 Å². The van der Waals surface area contributed by atoms with E-state index in [9.17, 15) is 0 Å². The van der Waals surface area contributed by atoms with Gasteiger partial charge in [0.25, 0.3) is 0 Å². The summed E-state index contributed by atoms with van der Waals surface area (Å²) in [7, 11) is 0. The maximum Gasteiger partial charge on any atom is 0.0277 e. The van der Waals surface area contributed by atoms with Gasteiger partial charge in [0.15, 0.2) is 0 Å². The predicted octanol–water partition coefficient (Wildman–Crippen LogP) is 2.90. The summed E-state index contributed by atoms with van der Waals surface area (Å²) in [6.07, 6.45) is 5.39. The molecule has 0 fully saturated rings. The predicted molar refractivity (Wildman–Crippen MR) is 53.3 cm³/mol. The summed E-state index contributed by atoms with van der Waals surface area (Å²) in [4.78, 5) is 0. The molecular formula is C12H14. The number of rotatable bonds is 0. The summed E-state index contributed by atoms with van der Waals surface area (Å²) in [6, 6.07) is 2.08. The first-order valence-corrected chi connectivity index (χ1v) is 4.12. The molecule has 12 heavy (non-hydrogen) atoms. The van der Waals surface area contributed by atoms with E-state index in [-0.39, 0.29) is 0 Å². The lowest BCUT2D eigenvalue weighted by atomic mass is 9.95. The van der Waals surface area contributed by atoms with Crippen LogP contribution in [-0.2, 0) is 0 Å². The fourth-order valence-electron chi connectivity index (χ4n) is 1.36. The van der Waals surface area contributed by atoms with Gasteiger partial charge in [-0.25, -0.2) is 0 Å². The van der Waals surface area contributed by atoms with Crippen LogP contribution in [0.1, 0.15) is 27.8 Å². The summed E-state index contributed by atoms with van der Waals surface area (Å²) < 4.78 is 0. The molecule has 0 aliphatic heterocycles. The highest BCUT2D eigenvalue weighted by Gasteiger charge is 2.04. The van der Waals surface area contributed by atoms with Gasteiger partial charge in [-0.05, 0) is 56.0 Å². The van der Waals surface area contributed by atoms with Crippen LogP contribution < -0.4 is 0 Å². The molecule has 0 amide bonds. The molecule has 0 saturated heterocycles. The van der Waals surface area contributed by atoms with Gasteiger partial charge in [-0.3, -0.25) is 0 Å². The largest absolute Gasteiger partial charge is 0.115 e. The first kappa shape index (κ1) is 8.87. The van der Waals surface area contributed by atoms with Crippen molar-refractivity contribution < 1.29 is 0 Å². The van der Waals surface area contributed by atoms with Crippen LogP contribution in [-0.4, -0.2) is 0 Å². The van der Waals surface area contributed by atoms with E-state index in [4.69, 9.17) is 6.42 Å². The van der Waals surface area contributed by atoms with Gasteiger partial charge in [-0.15, -0.1) is 6.42 Å². The number of hydrogen-bond donors (Lipinski definition) is 0. The molecule has 0 heterocycles. The van der Waals surface area contributed by atoms with Crippen molar-refractivity contribution in [3.63, 3.8) is 0 Å². The average Bonchev–Trinajstić information content (AvgIpc) is 2.08. The summed E-state index contributed by atoms with van der Waals surface area (Å²) >= 11 is 0. The fraction of sp³-hybridized carbons (Fsp3) is 0.333. The highest BCUT2D eigenvalue weighted by Crippen LogP contribution is 2.19. The van der Waals surface area contributed by atoms with E-state index in [1.54, 1.807) is 0 Å². The normalized spacial score (nSPS) is 9.58. The summed E-state index contributed by atoms with van der Waals surface area (Å²) in [5.41, 5.74) is 6.22. The van der Waals surface area contributed by atoms with Crippen molar-refractivity contribution in [3.05, 3.63) is 33.9 Å². The van der Waals surface area contributed by atoms with E-state index in [0.717, 1.165) is 5.56 Å². The maximum absolute atomic E-state index is 5.39. The summed E-state index contributed by atoms with van der Waals surface area (Å²) in [5, 5.41) is 0. The van der Waals surface area contributed by atoms with E-state index >= 15 is 0 Å². The highest BCUT2D eigenvalue weighted by molar-refractivity contribution is 5.49. The smallest absolute Gasteiger partial charge is 0.0277 e. The Labute approximate surface area is 74.6 Å². The zero-order chi connectivity index (χ0) is 9.30. The van der Waals surface area contributed by atoms with Gasteiger partial charge in [-0.2, -0.15) is 0 Å². The van der Waals surface area contributed by atoms with E-state index in [2.05, 4.69) is 39.7 Å². The minimum atomic E-state index is 1.02. The lowest BCUT2D eigenvalue weighted by molar-refractivity contribution is 1.21. The minimum Gasteiger partial charge on any atom is -0.115 e. The second kappa shape index (κ2) is 3.03. The fourth-order valence-corrected chi connectivity index (χ4v) is 1.36. The molecule has 0 unspecified atom stereocenters. The Kier molecular flexibility index (Phi) is 2.24. The van der Waals surface area contributed by atoms with Gasteiger partial charge in [0, 0.05) is 5.56 Å². The monoisotopic (exact) mass is 158 g/mol. The van der Waals surface area contributed by atoms with Crippen molar-refractivity contribution in [2.24, 2.45) is 0 Å². The molecule has 0 bridgehead atoms. The number of benzene rings is 1. The first-order chi connectivity index (χ1) is 5.57. The van der Waals surface area contributed by atoms with Crippen LogP contribution >= 0.6 is 0 Å². The standard InChI is InChI=1S/C12H14/c1-6-12-7-8(2)9(3)10(4)11(12)5/h1,7H,2-5H3. The van der Waals surface area contributed by atoms with Gasteiger partial charge in [-0.1, -0.05) is 5.92 Å². The Hall–Kier alpha value is -1.22. The van der Waals surface area contributed by atoms with Crippen molar-refractivity contribution in [2.75, 3.05) is 0 Å². The zero-order valence-corrected chi connectivity index (χ0v) is 8.15. The molecule has 0 aromatic heterocycles. The maximum atomic E-state index is 5.39. The lowest BCUT2D eigenvalue weighted by Gasteiger charge is -2.10. The van der Waals surface area contributed by atoms with E-state index < -0.39 is 0 Å². The SMILES string of the molecule is C#Cc1cc(C)c(C)c(C)c1C. The summed E-state index contributed by atoms with van der Waals surface area (Å²) in [6.45, 7) is 8.44. The lowest BCUT2D eigenvalue weighted by Crippen LogP contribution is -1.94. The van der Waals surface area contributed by atoms with E-state index in [1.165, 1.54) is 22.3 Å². The van der Waals surface area contributed by atoms with Gasteiger partial charge in [0.1, 0.15) is 0 Å². The van der Waals surface area contributed by atoms with Crippen LogP contribution in [0, 0.1) is 40.0 Å². The summed E-state index contributed by atoms with van der Waals surface area (Å²) in [5.74, 6) is 2.70. The molecule has 0 aliphatic carbocycles. The molecule has 0 atom stereocenters. The molecule has 0 nitrogen and oxygen atoms in total. The first-order valence-electron chi connectivity index (χ1n) is 4.12. The minimum absolute atomic E-state index is 1.02. The molecule has 1 aromatic rings. The van der Waals surface area contributed by atoms with E-state index in [1.807, 2.05) is 0 Å². The molecule has 1 rings (SSSR count). The van der Waals surface area contributed by atoms with Gasteiger partial charge in [0.2, 0.25) is 0 Å². The average molecular weight is 158 g/mol. The third-order valence-electron chi connectivity index (χ3n) is 2.64. The molecule has 0 heteroatoms. The van der Waals surface area contributed by atoms with Gasteiger partial charge >= 0.3 is 0 Å². The van der Waals surface area contributed by atoms with Gasteiger partial charge in [0.05, 0.1) is 0 Å². The molecule has 1 aromatic carbocycles. The third-order valence-corrected chi connectivity index (χ3v) is 2.64. The third kappa shape index (κ3) is 1.23. The number of terminal acetylenes is 1. The van der Waals surface area contributed by atoms with Gasteiger partial charge < -0.3 is 0 Å². The Morgan fingerprint density at radius 2 is 1.58 bits per heavy atom. The molecule has 0 saturated carbocycles. The Balaban J connectivity index is 3.52. The molecule has 0 aliphatic rings. The van der Waals surface area contributed by atoms with Crippen molar-refractivity contribution in [1.29, 1.82) is 0 Å². The van der Waals surface area contributed by atoms with Crippen LogP contribution in [0.3, 0.4) is 0 Å². The molecular weight excluding hydrogens is 144 g/mol. The number of hydrogen-bond acceptors (Lipinski definition) is 0. The Morgan fingerprint density at radius 1 is 1.00 bits per heavy atom. The quantitative estimate of drug-likeness (QED) is 0.509. The van der Waals surface area contributed by atoms with Crippen molar-refractivity contribution >= 4 is 0 Å². The Morgan fingerprint density at radius 3 is 2.08 bits per heavy atom. The van der Waals surface area contributed by atoms with Crippen LogP contribution in [0.5, 0.6) is 0 Å². The Bertz CT molecular complexity index is 351. The van der Waals surface area contributed by atoms with Crippen molar-refractivity contribution in [3.8, 4) is 12.3 Å². The second-order valence-electron chi connectivity index (χ2n) is 3.26. The molecule has 0 spiro atoms. The van der Waals surface area contributed by atoms with Crippen LogP contribution in [0.25, 0.3) is 0 Å².